The van der Waals surface area contributed by atoms with Gasteiger partial charge in [0.1, 0.15) is 5.75 Å². The van der Waals surface area contributed by atoms with Gasteiger partial charge in [0, 0.05) is 23.3 Å². The Morgan fingerprint density at radius 3 is 2.26 bits per heavy atom. The maximum atomic E-state index is 13.6. The third-order valence-corrected chi connectivity index (χ3v) is 6.55. The number of hydrogen-bond acceptors (Lipinski definition) is 3. The van der Waals surface area contributed by atoms with Crippen molar-refractivity contribution in [2.75, 3.05) is 16.4 Å². The van der Waals surface area contributed by atoms with Crippen LogP contribution in [0.15, 0.2) is 84.9 Å². The topological polar surface area (TPSA) is 49.9 Å². The molecule has 0 spiro atoms. The van der Waals surface area contributed by atoms with Gasteiger partial charge >= 0.3 is 0 Å². The summed E-state index contributed by atoms with van der Waals surface area (Å²) in [6, 6.07) is 26.8. The van der Waals surface area contributed by atoms with Crippen molar-refractivity contribution in [3.05, 3.63) is 90.5 Å². The van der Waals surface area contributed by atoms with Crippen LogP contribution in [0.3, 0.4) is 0 Å². The molecular formula is C29H32N2O3. The summed E-state index contributed by atoms with van der Waals surface area (Å²) in [7, 11) is 0. The van der Waals surface area contributed by atoms with Gasteiger partial charge in [0.05, 0.1) is 6.04 Å². The van der Waals surface area contributed by atoms with Gasteiger partial charge in [-0.25, -0.2) is 0 Å². The third kappa shape index (κ3) is 4.84. The fourth-order valence-electron chi connectivity index (χ4n) is 4.59. The van der Waals surface area contributed by atoms with Crippen LogP contribution in [0, 0.1) is 5.92 Å². The molecule has 2 amide bonds. The Kier molecular flexibility index (Phi) is 7.31. The molecule has 0 unspecified atom stereocenters. The highest BCUT2D eigenvalue weighted by atomic mass is 16.5. The highest BCUT2D eigenvalue weighted by Crippen LogP contribution is 2.42. The SMILES string of the molecule is CC[C@H](C)C(=O)N1c2ccccc2[C@H](N(C(=O)COc2ccccc2)c2ccccc2)C[C@H]1C. The van der Waals surface area contributed by atoms with E-state index in [9.17, 15) is 9.59 Å². The number of anilines is 2. The fourth-order valence-corrected chi connectivity index (χ4v) is 4.59. The number of carbonyl (C=O) groups is 2. The van der Waals surface area contributed by atoms with Crippen LogP contribution in [0.5, 0.6) is 5.75 Å². The summed E-state index contributed by atoms with van der Waals surface area (Å²) in [4.78, 5) is 30.7. The lowest BCUT2D eigenvalue weighted by molar-refractivity contribution is -0.122. The molecule has 0 fully saturated rings. The van der Waals surface area contributed by atoms with Crippen LogP contribution < -0.4 is 14.5 Å². The van der Waals surface area contributed by atoms with Crippen molar-refractivity contribution in [3.63, 3.8) is 0 Å². The van der Waals surface area contributed by atoms with Crippen LogP contribution in [0.1, 0.15) is 45.2 Å². The first-order valence-corrected chi connectivity index (χ1v) is 12.0. The summed E-state index contributed by atoms with van der Waals surface area (Å²) in [5, 5.41) is 0. The van der Waals surface area contributed by atoms with E-state index in [1.54, 1.807) is 0 Å². The molecule has 0 aliphatic carbocycles. The van der Waals surface area contributed by atoms with Crippen molar-refractivity contribution in [2.24, 2.45) is 5.92 Å². The summed E-state index contributed by atoms with van der Waals surface area (Å²) in [5.74, 6) is 0.611. The van der Waals surface area contributed by atoms with Crippen LogP contribution in [0.2, 0.25) is 0 Å². The van der Waals surface area contributed by atoms with Crippen molar-refractivity contribution in [3.8, 4) is 5.75 Å². The van der Waals surface area contributed by atoms with E-state index < -0.39 is 0 Å². The average Bonchev–Trinajstić information content (AvgIpc) is 2.88. The van der Waals surface area contributed by atoms with Gasteiger partial charge in [-0.05, 0) is 55.7 Å². The Morgan fingerprint density at radius 1 is 0.971 bits per heavy atom. The van der Waals surface area contributed by atoms with Crippen molar-refractivity contribution in [1.82, 2.24) is 0 Å². The van der Waals surface area contributed by atoms with Crippen molar-refractivity contribution < 1.29 is 14.3 Å². The van der Waals surface area contributed by atoms with Gasteiger partial charge < -0.3 is 14.5 Å². The highest BCUT2D eigenvalue weighted by molar-refractivity contribution is 5.99. The number of carbonyl (C=O) groups excluding carboxylic acids is 2. The predicted molar refractivity (Wildman–Crippen MR) is 136 cm³/mol. The summed E-state index contributed by atoms with van der Waals surface area (Å²) >= 11 is 0. The van der Waals surface area contributed by atoms with E-state index in [1.165, 1.54) is 0 Å². The number of rotatable bonds is 7. The number of fused-ring (bicyclic) bond motifs is 1. The summed E-state index contributed by atoms with van der Waals surface area (Å²) in [6.07, 6.45) is 1.43. The molecule has 1 aliphatic rings. The van der Waals surface area contributed by atoms with Gasteiger partial charge in [0.25, 0.3) is 5.91 Å². The molecule has 1 heterocycles. The molecule has 5 nitrogen and oxygen atoms in total. The molecule has 0 bridgehead atoms. The lowest BCUT2D eigenvalue weighted by atomic mass is 9.88. The fraction of sp³-hybridized carbons (Fsp3) is 0.310. The molecule has 0 aromatic heterocycles. The van der Waals surface area contributed by atoms with Gasteiger partial charge in [-0.2, -0.15) is 0 Å². The molecule has 3 atom stereocenters. The lowest BCUT2D eigenvalue weighted by Crippen LogP contribution is -2.49. The zero-order valence-corrected chi connectivity index (χ0v) is 20.1. The zero-order chi connectivity index (χ0) is 24.1. The molecule has 3 aromatic carbocycles. The van der Waals surface area contributed by atoms with Crippen LogP contribution in [-0.2, 0) is 9.59 Å². The molecular weight excluding hydrogens is 424 g/mol. The quantitative estimate of drug-likeness (QED) is 0.437. The summed E-state index contributed by atoms with van der Waals surface area (Å²) < 4.78 is 5.83. The van der Waals surface area contributed by atoms with Crippen LogP contribution >= 0.6 is 0 Å². The van der Waals surface area contributed by atoms with E-state index in [0.29, 0.717) is 12.2 Å². The molecule has 0 saturated carbocycles. The Morgan fingerprint density at radius 2 is 1.59 bits per heavy atom. The van der Waals surface area contributed by atoms with Crippen LogP contribution in [0.25, 0.3) is 0 Å². The number of hydrogen-bond donors (Lipinski definition) is 0. The number of para-hydroxylation sites is 3. The minimum atomic E-state index is -0.207. The van der Waals surface area contributed by atoms with E-state index in [1.807, 2.05) is 109 Å². The Labute approximate surface area is 202 Å². The molecule has 3 aromatic rings. The third-order valence-electron chi connectivity index (χ3n) is 6.55. The predicted octanol–water partition coefficient (Wildman–Crippen LogP) is 6.01. The monoisotopic (exact) mass is 456 g/mol. The first-order valence-electron chi connectivity index (χ1n) is 12.0. The maximum absolute atomic E-state index is 13.6. The van der Waals surface area contributed by atoms with E-state index in [2.05, 4.69) is 6.92 Å². The highest BCUT2D eigenvalue weighted by Gasteiger charge is 2.39. The minimum Gasteiger partial charge on any atom is -0.484 e. The Bertz CT molecular complexity index is 1120. The lowest BCUT2D eigenvalue weighted by Gasteiger charge is -2.44. The van der Waals surface area contributed by atoms with Gasteiger partial charge in [0.15, 0.2) is 6.61 Å². The van der Waals surface area contributed by atoms with Crippen LogP contribution in [-0.4, -0.2) is 24.5 Å². The number of ether oxygens (including phenoxy) is 1. The van der Waals surface area contributed by atoms with E-state index in [0.717, 1.165) is 23.4 Å². The molecule has 176 valence electrons. The van der Waals surface area contributed by atoms with Gasteiger partial charge in [-0.15, -0.1) is 0 Å². The van der Waals surface area contributed by atoms with Crippen molar-refractivity contribution >= 4 is 23.2 Å². The van der Waals surface area contributed by atoms with Crippen molar-refractivity contribution in [2.45, 2.75) is 45.7 Å². The number of benzene rings is 3. The maximum Gasteiger partial charge on any atom is 0.265 e. The molecule has 1 aliphatic heterocycles. The molecule has 0 N–H and O–H groups in total. The van der Waals surface area contributed by atoms with Gasteiger partial charge in [0.2, 0.25) is 5.91 Å². The molecule has 0 radical (unpaired) electrons. The second-order valence-corrected chi connectivity index (χ2v) is 8.88. The molecule has 34 heavy (non-hydrogen) atoms. The average molecular weight is 457 g/mol. The van der Waals surface area contributed by atoms with E-state index in [-0.39, 0.29) is 36.4 Å². The van der Waals surface area contributed by atoms with E-state index in [4.69, 9.17) is 4.74 Å². The van der Waals surface area contributed by atoms with Crippen LogP contribution in [0.4, 0.5) is 11.4 Å². The largest absolute Gasteiger partial charge is 0.484 e. The number of amides is 2. The van der Waals surface area contributed by atoms with Crippen molar-refractivity contribution in [1.29, 1.82) is 0 Å². The van der Waals surface area contributed by atoms with Gasteiger partial charge in [-0.1, -0.05) is 68.4 Å². The molecule has 4 rings (SSSR count). The normalized spacial score (nSPS) is 18.0. The first kappa shape index (κ1) is 23.6. The molecule has 5 heteroatoms. The Balaban J connectivity index is 1.71. The minimum absolute atomic E-state index is 0.0459. The molecule has 0 saturated heterocycles. The van der Waals surface area contributed by atoms with E-state index >= 15 is 0 Å². The number of nitrogens with zero attached hydrogens (tertiary/aromatic N) is 2. The summed E-state index contributed by atoms with van der Waals surface area (Å²) in [6.45, 7) is 6.01. The Hall–Kier alpha value is -3.60. The zero-order valence-electron chi connectivity index (χ0n) is 20.1. The second kappa shape index (κ2) is 10.6. The standard InChI is InChI=1S/C29H32N2O3/c1-4-21(2)29(33)30-22(3)19-27(25-17-11-12-18-26(25)30)31(23-13-7-5-8-14-23)28(32)20-34-24-15-9-6-10-16-24/h5-18,21-22,27H,4,19-20H2,1-3H3/t21-,22+,27+/m0/s1. The first-order chi connectivity index (χ1) is 16.5. The second-order valence-electron chi connectivity index (χ2n) is 8.88. The summed E-state index contributed by atoms with van der Waals surface area (Å²) in [5.41, 5.74) is 2.68. The smallest absolute Gasteiger partial charge is 0.265 e. The van der Waals surface area contributed by atoms with Gasteiger partial charge in [-0.3, -0.25) is 9.59 Å².